The summed E-state index contributed by atoms with van der Waals surface area (Å²) < 4.78 is 9.75. The minimum atomic E-state index is -1.53. The normalized spacial score (nSPS) is 14.4. The van der Waals surface area contributed by atoms with E-state index in [-0.39, 0.29) is 6.61 Å². The van der Waals surface area contributed by atoms with Crippen LogP contribution < -0.4 is 0 Å². The third-order valence-corrected chi connectivity index (χ3v) is 2.65. The third kappa shape index (κ3) is 8.16. The highest BCUT2D eigenvalue weighted by molar-refractivity contribution is 5.78. The molecule has 102 valence electrons. The highest BCUT2D eigenvalue weighted by Gasteiger charge is 2.31. The van der Waals surface area contributed by atoms with E-state index in [0.717, 1.165) is 12.8 Å². The minimum absolute atomic E-state index is 0.00532. The summed E-state index contributed by atoms with van der Waals surface area (Å²) >= 11 is 0. The van der Waals surface area contributed by atoms with Gasteiger partial charge in [0.25, 0.3) is 0 Å². The van der Waals surface area contributed by atoms with E-state index < -0.39 is 11.6 Å². The van der Waals surface area contributed by atoms with Crippen molar-refractivity contribution in [3.63, 3.8) is 0 Å². The van der Waals surface area contributed by atoms with Gasteiger partial charge >= 0.3 is 5.97 Å². The Labute approximate surface area is 104 Å². The number of carbonyl (C=O) groups excluding carboxylic acids is 1. The number of carbonyl (C=O) groups is 1. The molecule has 0 fully saturated rings. The summed E-state index contributed by atoms with van der Waals surface area (Å²) in [5.41, 5.74) is -1.53. The molecular weight excluding hydrogens is 220 g/mol. The van der Waals surface area contributed by atoms with Gasteiger partial charge < -0.3 is 14.6 Å². The van der Waals surface area contributed by atoms with Gasteiger partial charge in [0.1, 0.15) is 0 Å². The fourth-order valence-electron chi connectivity index (χ4n) is 1.53. The molecule has 0 aromatic heterocycles. The molecule has 0 saturated heterocycles. The SMILES string of the molecule is CCCCCCCCOCC(C)(O)C(=O)OC. The molecule has 0 bridgehead atoms. The van der Waals surface area contributed by atoms with Crippen LogP contribution in [0.2, 0.25) is 0 Å². The van der Waals surface area contributed by atoms with Crippen LogP contribution in [0.5, 0.6) is 0 Å². The van der Waals surface area contributed by atoms with Gasteiger partial charge in [-0.15, -0.1) is 0 Å². The molecule has 0 saturated carbocycles. The second-order valence-electron chi connectivity index (χ2n) is 4.59. The molecule has 0 aromatic rings. The van der Waals surface area contributed by atoms with E-state index in [1.165, 1.54) is 39.7 Å². The Bertz CT molecular complexity index is 202. The maximum atomic E-state index is 11.1. The first-order chi connectivity index (χ1) is 8.04. The van der Waals surface area contributed by atoms with Crippen molar-refractivity contribution in [2.75, 3.05) is 20.3 Å². The maximum Gasteiger partial charge on any atom is 0.339 e. The number of aliphatic hydroxyl groups is 1. The van der Waals surface area contributed by atoms with Gasteiger partial charge in [-0.25, -0.2) is 4.79 Å². The first-order valence-corrected chi connectivity index (χ1v) is 6.43. The lowest BCUT2D eigenvalue weighted by Gasteiger charge is -2.19. The van der Waals surface area contributed by atoms with Crippen molar-refractivity contribution in [1.29, 1.82) is 0 Å². The molecular formula is C13H26O4. The fraction of sp³-hybridized carbons (Fsp3) is 0.923. The first kappa shape index (κ1) is 16.4. The second kappa shape index (κ2) is 9.42. The third-order valence-electron chi connectivity index (χ3n) is 2.65. The monoisotopic (exact) mass is 246 g/mol. The van der Waals surface area contributed by atoms with Crippen LogP contribution in [0.1, 0.15) is 52.4 Å². The number of unbranched alkanes of at least 4 members (excludes halogenated alkanes) is 5. The van der Waals surface area contributed by atoms with Gasteiger partial charge in [0.15, 0.2) is 5.60 Å². The average molecular weight is 246 g/mol. The summed E-state index contributed by atoms with van der Waals surface area (Å²) in [5, 5.41) is 9.66. The summed E-state index contributed by atoms with van der Waals surface area (Å²) in [6, 6.07) is 0. The van der Waals surface area contributed by atoms with Crippen molar-refractivity contribution < 1.29 is 19.4 Å². The molecule has 0 aliphatic carbocycles. The summed E-state index contributed by atoms with van der Waals surface area (Å²) in [4.78, 5) is 11.1. The second-order valence-corrected chi connectivity index (χ2v) is 4.59. The van der Waals surface area contributed by atoms with Crippen LogP contribution in [0, 0.1) is 0 Å². The number of methoxy groups -OCH3 is 1. The van der Waals surface area contributed by atoms with Crippen molar-refractivity contribution in [1.82, 2.24) is 0 Å². The predicted molar refractivity (Wildman–Crippen MR) is 66.8 cm³/mol. The molecule has 1 N–H and O–H groups in total. The van der Waals surface area contributed by atoms with Crippen molar-refractivity contribution in [2.45, 2.75) is 58.0 Å². The molecule has 17 heavy (non-hydrogen) atoms. The molecule has 1 atom stereocenters. The Kier molecular flexibility index (Phi) is 9.09. The van der Waals surface area contributed by atoms with Gasteiger partial charge in [0, 0.05) is 6.61 Å². The quantitative estimate of drug-likeness (QED) is 0.474. The highest BCUT2D eigenvalue weighted by Crippen LogP contribution is 2.08. The summed E-state index contributed by atoms with van der Waals surface area (Å²) in [5.74, 6) is -0.652. The van der Waals surface area contributed by atoms with Crippen LogP contribution in [0.4, 0.5) is 0 Å². The van der Waals surface area contributed by atoms with E-state index in [0.29, 0.717) is 6.61 Å². The maximum absolute atomic E-state index is 11.1. The number of esters is 1. The fourth-order valence-corrected chi connectivity index (χ4v) is 1.53. The van der Waals surface area contributed by atoms with E-state index in [9.17, 15) is 9.90 Å². The number of ether oxygens (including phenoxy) is 2. The number of hydrogen-bond acceptors (Lipinski definition) is 4. The lowest BCUT2D eigenvalue weighted by molar-refractivity contribution is -0.166. The summed E-state index contributed by atoms with van der Waals surface area (Å²) in [6.45, 7) is 4.17. The Morgan fingerprint density at radius 1 is 1.18 bits per heavy atom. The topological polar surface area (TPSA) is 55.8 Å². The zero-order valence-electron chi connectivity index (χ0n) is 11.3. The number of hydrogen-bond donors (Lipinski definition) is 1. The van der Waals surface area contributed by atoms with Crippen molar-refractivity contribution in [3.05, 3.63) is 0 Å². The molecule has 0 radical (unpaired) electrons. The summed E-state index contributed by atoms with van der Waals surface area (Å²) in [7, 11) is 1.25. The average Bonchev–Trinajstić information content (AvgIpc) is 2.31. The van der Waals surface area contributed by atoms with Gasteiger partial charge in [-0.2, -0.15) is 0 Å². The van der Waals surface area contributed by atoms with Gasteiger partial charge in [0.2, 0.25) is 0 Å². The van der Waals surface area contributed by atoms with Crippen LogP contribution in [0.15, 0.2) is 0 Å². The molecule has 0 rings (SSSR count). The first-order valence-electron chi connectivity index (χ1n) is 6.43. The molecule has 0 aliphatic heterocycles. The van der Waals surface area contributed by atoms with Crippen LogP contribution in [-0.2, 0) is 14.3 Å². The zero-order valence-corrected chi connectivity index (χ0v) is 11.3. The lowest BCUT2D eigenvalue weighted by atomic mass is 10.1. The molecule has 4 nitrogen and oxygen atoms in total. The van der Waals surface area contributed by atoms with Gasteiger partial charge in [0.05, 0.1) is 13.7 Å². The van der Waals surface area contributed by atoms with E-state index in [1.807, 2.05) is 0 Å². The molecule has 4 heteroatoms. The van der Waals surface area contributed by atoms with Crippen molar-refractivity contribution in [2.24, 2.45) is 0 Å². The van der Waals surface area contributed by atoms with E-state index >= 15 is 0 Å². The highest BCUT2D eigenvalue weighted by atomic mass is 16.6. The van der Waals surface area contributed by atoms with Gasteiger partial charge in [-0.1, -0.05) is 39.0 Å². The van der Waals surface area contributed by atoms with E-state index in [1.54, 1.807) is 0 Å². The van der Waals surface area contributed by atoms with Gasteiger partial charge in [-0.05, 0) is 13.3 Å². The molecule has 0 amide bonds. The minimum Gasteiger partial charge on any atom is -0.467 e. The molecule has 0 aliphatic rings. The van der Waals surface area contributed by atoms with E-state index in [2.05, 4.69) is 11.7 Å². The predicted octanol–water partition coefficient (Wildman–Crippen LogP) is 2.29. The van der Waals surface area contributed by atoms with Crippen molar-refractivity contribution >= 4 is 5.97 Å². The Balaban J connectivity index is 3.42. The zero-order chi connectivity index (χ0) is 13.1. The molecule has 1 unspecified atom stereocenters. The van der Waals surface area contributed by atoms with Crippen LogP contribution >= 0.6 is 0 Å². The van der Waals surface area contributed by atoms with Crippen molar-refractivity contribution in [3.8, 4) is 0 Å². The molecule has 0 heterocycles. The smallest absolute Gasteiger partial charge is 0.339 e. The largest absolute Gasteiger partial charge is 0.467 e. The molecule has 0 aromatic carbocycles. The van der Waals surface area contributed by atoms with Gasteiger partial charge in [-0.3, -0.25) is 0 Å². The lowest BCUT2D eigenvalue weighted by Crippen LogP contribution is -2.41. The Morgan fingerprint density at radius 3 is 2.35 bits per heavy atom. The Morgan fingerprint density at radius 2 is 1.76 bits per heavy atom. The number of rotatable bonds is 10. The summed E-state index contributed by atoms with van der Waals surface area (Å²) in [6.07, 6.45) is 7.15. The van der Waals surface area contributed by atoms with Crippen LogP contribution in [0.25, 0.3) is 0 Å². The Hall–Kier alpha value is -0.610. The van der Waals surface area contributed by atoms with Crippen LogP contribution in [0.3, 0.4) is 0 Å². The van der Waals surface area contributed by atoms with Crippen LogP contribution in [-0.4, -0.2) is 37.0 Å². The molecule has 0 spiro atoms. The van der Waals surface area contributed by atoms with E-state index in [4.69, 9.17) is 4.74 Å². The standard InChI is InChI=1S/C13H26O4/c1-4-5-6-7-8-9-10-17-11-13(2,15)12(14)16-3/h15H,4-11H2,1-3H3.